The van der Waals surface area contributed by atoms with Crippen molar-refractivity contribution in [1.82, 2.24) is 4.90 Å². The largest absolute Gasteiger partial charge is 0.393 e. The fourth-order valence-electron chi connectivity index (χ4n) is 4.49. The lowest BCUT2D eigenvalue weighted by Gasteiger charge is -2.59. The predicted octanol–water partition coefficient (Wildman–Crippen LogP) is 2.72. The number of hydrogen-bond acceptors (Lipinski definition) is 2. The Morgan fingerprint density at radius 3 is 2.42 bits per heavy atom. The summed E-state index contributed by atoms with van der Waals surface area (Å²) >= 11 is 0. The minimum atomic E-state index is -0.126. The summed E-state index contributed by atoms with van der Waals surface area (Å²) in [5.74, 6) is 0.768. The number of aliphatic hydroxyl groups is 1. The predicted molar refractivity (Wildman–Crippen MR) is 74.7 cm³/mol. The van der Waals surface area contributed by atoms with Crippen LogP contribution in [0.15, 0.2) is 0 Å². The van der Waals surface area contributed by atoms with E-state index in [9.17, 15) is 9.90 Å². The normalized spacial score (nSPS) is 33.6. The second-order valence-corrected chi connectivity index (χ2v) is 7.04. The van der Waals surface area contributed by atoms with Crippen molar-refractivity contribution in [3.8, 4) is 0 Å². The highest BCUT2D eigenvalue weighted by Gasteiger charge is 2.57. The highest BCUT2D eigenvalue weighted by atomic mass is 16.3. The zero-order chi connectivity index (χ0) is 13.5. The van der Waals surface area contributed by atoms with E-state index < -0.39 is 0 Å². The maximum atomic E-state index is 12.4. The molecule has 3 aliphatic carbocycles. The van der Waals surface area contributed by atoms with Crippen LogP contribution >= 0.6 is 0 Å². The van der Waals surface area contributed by atoms with Gasteiger partial charge in [0.05, 0.1) is 6.10 Å². The van der Waals surface area contributed by atoms with Crippen LogP contribution in [0.25, 0.3) is 0 Å². The molecular weight excluding hydrogens is 238 g/mol. The number of carbonyl (C=O) groups excluding carboxylic acids is 1. The van der Waals surface area contributed by atoms with Crippen molar-refractivity contribution in [2.24, 2.45) is 11.3 Å². The van der Waals surface area contributed by atoms with Gasteiger partial charge >= 0.3 is 0 Å². The molecule has 1 amide bonds. The molecule has 3 saturated carbocycles. The maximum Gasteiger partial charge on any atom is 0.222 e. The molecule has 1 N–H and O–H groups in total. The zero-order valence-corrected chi connectivity index (χ0v) is 12.1. The molecule has 3 heteroatoms. The Kier molecular flexibility index (Phi) is 3.59. The topological polar surface area (TPSA) is 40.5 Å². The molecule has 3 fully saturated rings. The van der Waals surface area contributed by atoms with E-state index in [1.54, 1.807) is 0 Å². The standard InChI is InChI=1S/C16H27NO2/c1-17(13-6-3-2-4-7-13)15(19)11-12-10-14(18)16(12)8-5-9-16/h12-14,18H,2-11H2,1H3. The van der Waals surface area contributed by atoms with E-state index in [1.807, 2.05) is 11.9 Å². The molecule has 3 nitrogen and oxygen atoms in total. The van der Waals surface area contributed by atoms with Crippen molar-refractivity contribution in [2.45, 2.75) is 76.4 Å². The summed E-state index contributed by atoms with van der Waals surface area (Å²) in [5, 5.41) is 9.96. The summed E-state index contributed by atoms with van der Waals surface area (Å²) in [6.07, 6.45) is 11.1. The van der Waals surface area contributed by atoms with Gasteiger partial charge in [0, 0.05) is 19.5 Å². The lowest BCUT2D eigenvalue weighted by molar-refractivity contribution is -0.178. The molecule has 0 saturated heterocycles. The third kappa shape index (κ3) is 2.20. The van der Waals surface area contributed by atoms with Gasteiger partial charge in [-0.1, -0.05) is 25.7 Å². The van der Waals surface area contributed by atoms with Crippen molar-refractivity contribution in [1.29, 1.82) is 0 Å². The molecule has 0 aromatic carbocycles. The van der Waals surface area contributed by atoms with Crippen LogP contribution in [-0.4, -0.2) is 35.1 Å². The van der Waals surface area contributed by atoms with Crippen LogP contribution in [0, 0.1) is 11.3 Å². The number of hydrogen-bond donors (Lipinski definition) is 1. The van der Waals surface area contributed by atoms with E-state index in [1.165, 1.54) is 38.5 Å². The Labute approximate surface area is 116 Å². The molecule has 108 valence electrons. The smallest absolute Gasteiger partial charge is 0.222 e. The SMILES string of the molecule is CN(C(=O)CC1CC(O)C12CCC2)C1CCCCC1. The summed E-state index contributed by atoms with van der Waals surface area (Å²) in [4.78, 5) is 14.4. The first-order valence-electron chi connectivity index (χ1n) is 8.07. The van der Waals surface area contributed by atoms with Crippen molar-refractivity contribution in [3.63, 3.8) is 0 Å². The lowest BCUT2D eigenvalue weighted by atomic mass is 9.47. The van der Waals surface area contributed by atoms with Crippen molar-refractivity contribution < 1.29 is 9.90 Å². The van der Waals surface area contributed by atoms with Gasteiger partial charge in [0.25, 0.3) is 0 Å². The molecule has 0 aliphatic heterocycles. The highest BCUT2D eigenvalue weighted by Crippen LogP contribution is 2.61. The second-order valence-electron chi connectivity index (χ2n) is 7.04. The Bertz CT molecular complexity index is 345. The lowest BCUT2D eigenvalue weighted by Crippen LogP contribution is -2.58. The van der Waals surface area contributed by atoms with Gasteiger partial charge in [0.2, 0.25) is 5.91 Å². The fourth-order valence-corrected chi connectivity index (χ4v) is 4.49. The summed E-state index contributed by atoms with van der Waals surface area (Å²) in [7, 11) is 1.99. The molecule has 3 aliphatic rings. The molecule has 1 spiro atoms. The molecule has 0 radical (unpaired) electrons. The monoisotopic (exact) mass is 265 g/mol. The van der Waals surface area contributed by atoms with Gasteiger partial charge in [0.15, 0.2) is 0 Å². The van der Waals surface area contributed by atoms with Crippen molar-refractivity contribution in [2.75, 3.05) is 7.05 Å². The average Bonchev–Trinajstić information content (AvgIpc) is 2.36. The number of aliphatic hydroxyl groups excluding tert-OH is 1. The zero-order valence-electron chi connectivity index (χ0n) is 12.1. The van der Waals surface area contributed by atoms with E-state index in [4.69, 9.17) is 0 Å². The van der Waals surface area contributed by atoms with Crippen molar-refractivity contribution in [3.05, 3.63) is 0 Å². The third-order valence-corrected chi connectivity index (χ3v) is 6.21. The molecule has 19 heavy (non-hydrogen) atoms. The Hall–Kier alpha value is -0.570. The van der Waals surface area contributed by atoms with E-state index in [-0.39, 0.29) is 11.5 Å². The number of amides is 1. The summed E-state index contributed by atoms with van der Waals surface area (Å²) in [5.41, 5.74) is 0.142. The van der Waals surface area contributed by atoms with Crippen molar-refractivity contribution >= 4 is 5.91 Å². The Balaban J connectivity index is 1.53. The molecular formula is C16H27NO2. The third-order valence-electron chi connectivity index (χ3n) is 6.21. The molecule has 0 bridgehead atoms. The van der Waals surface area contributed by atoms with Gasteiger partial charge < -0.3 is 10.0 Å². The van der Waals surface area contributed by atoms with Gasteiger partial charge in [-0.25, -0.2) is 0 Å². The van der Waals surface area contributed by atoms with Crippen LogP contribution in [0.3, 0.4) is 0 Å². The minimum absolute atomic E-state index is 0.126. The maximum absolute atomic E-state index is 12.4. The average molecular weight is 265 g/mol. The Morgan fingerprint density at radius 2 is 1.89 bits per heavy atom. The van der Waals surface area contributed by atoms with E-state index in [2.05, 4.69) is 0 Å². The first-order valence-corrected chi connectivity index (χ1v) is 8.07. The quantitative estimate of drug-likeness (QED) is 0.852. The molecule has 2 atom stereocenters. The van der Waals surface area contributed by atoms with Crippen LogP contribution in [0.5, 0.6) is 0 Å². The summed E-state index contributed by atoms with van der Waals surface area (Å²) in [6, 6.07) is 0.476. The molecule has 0 heterocycles. The van der Waals surface area contributed by atoms with Gasteiger partial charge in [-0.15, -0.1) is 0 Å². The molecule has 3 rings (SSSR count). The van der Waals surface area contributed by atoms with Gasteiger partial charge in [-0.3, -0.25) is 4.79 Å². The highest BCUT2D eigenvalue weighted by molar-refractivity contribution is 5.76. The van der Waals surface area contributed by atoms with Crippen LogP contribution < -0.4 is 0 Å². The van der Waals surface area contributed by atoms with E-state index >= 15 is 0 Å². The van der Waals surface area contributed by atoms with Crippen LogP contribution in [0.1, 0.15) is 64.2 Å². The first kappa shape index (κ1) is 13.4. The number of rotatable bonds is 3. The first-order chi connectivity index (χ1) is 9.13. The van der Waals surface area contributed by atoms with Crippen LogP contribution in [0.4, 0.5) is 0 Å². The van der Waals surface area contributed by atoms with Gasteiger partial charge in [0.1, 0.15) is 0 Å². The molecule has 2 unspecified atom stereocenters. The summed E-state index contributed by atoms with van der Waals surface area (Å²) in [6.45, 7) is 0. The minimum Gasteiger partial charge on any atom is -0.393 e. The number of nitrogens with zero attached hydrogens (tertiary/aromatic N) is 1. The molecule has 0 aromatic heterocycles. The summed E-state index contributed by atoms with van der Waals surface area (Å²) < 4.78 is 0. The van der Waals surface area contributed by atoms with Crippen LogP contribution in [-0.2, 0) is 4.79 Å². The van der Waals surface area contributed by atoms with Gasteiger partial charge in [-0.05, 0) is 43.4 Å². The van der Waals surface area contributed by atoms with E-state index in [0.29, 0.717) is 24.3 Å². The second kappa shape index (κ2) is 5.08. The molecule has 0 aromatic rings. The van der Waals surface area contributed by atoms with E-state index in [0.717, 1.165) is 19.3 Å². The Morgan fingerprint density at radius 1 is 1.21 bits per heavy atom. The fraction of sp³-hybridized carbons (Fsp3) is 0.938. The van der Waals surface area contributed by atoms with Gasteiger partial charge in [-0.2, -0.15) is 0 Å². The number of carbonyl (C=O) groups is 1. The van der Waals surface area contributed by atoms with Crippen LogP contribution in [0.2, 0.25) is 0 Å².